The van der Waals surface area contributed by atoms with Crippen LogP contribution in [0.4, 0.5) is 11.6 Å². The van der Waals surface area contributed by atoms with Crippen molar-refractivity contribution in [1.29, 1.82) is 0 Å². The molecule has 0 spiro atoms. The highest BCUT2D eigenvalue weighted by Gasteiger charge is 2.40. The van der Waals surface area contributed by atoms with Crippen molar-refractivity contribution in [3.8, 4) is 0 Å². The summed E-state index contributed by atoms with van der Waals surface area (Å²) >= 11 is 0. The lowest BCUT2D eigenvalue weighted by Crippen LogP contribution is -2.60. The minimum Gasteiger partial charge on any atom is -0.381 e. The van der Waals surface area contributed by atoms with E-state index in [2.05, 4.69) is 29.7 Å². The van der Waals surface area contributed by atoms with E-state index in [1.165, 1.54) is 19.3 Å². The summed E-state index contributed by atoms with van der Waals surface area (Å²) < 4.78 is 6.04. The molecule has 1 aliphatic heterocycles. The summed E-state index contributed by atoms with van der Waals surface area (Å²) in [7, 11) is 6.38. The van der Waals surface area contributed by atoms with Crippen LogP contribution in [0.3, 0.4) is 0 Å². The molecule has 2 atom stereocenters. The molecule has 27 heavy (non-hydrogen) atoms. The third-order valence-electron chi connectivity index (χ3n) is 6.08. The van der Waals surface area contributed by atoms with Crippen molar-refractivity contribution in [2.45, 2.75) is 56.7 Å². The van der Waals surface area contributed by atoms with Gasteiger partial charge in [0.1, 0.15) is 12.2 Å². The molecular weight excluding hydrogens is 344 g/mol. The molecule has 1 amide bonds. The number of nitrogens with zero attached hydrogens (tertiary/aromatic N) is 3. The third kappa shape index (κ3) is 4.39. The number of ether oxygens (including phenoxy) is 1. The minimum atomic E-state index is -0.556. The molecule has 4 N–H and O–H groups in total. The summed E-state index contributed by atoms with van der Waals surface area (Å²) in [6, 6.07) is 1.07. The van der Waals surface area contributed by atoms with E-state index in [0.29, 0.717) is 35.6 Å². The van der Waals surface area contributed by atoms with Gasteiger partial charge in [0.15, 0.2) is 11.5 Å². The van der Waals surface area contributed by atoms with E-state index < -0.39 is 5.91 Å². The molecule has 2 aliphatic rings. The van der Waals surface area contributed by atoms with Crippen molar-refractivity contribution in [3.63, 3.8) is 0 Å². The van der Waals surface area contributed by atoms with Crippen molar-refractivity contribution >= 4 is 17.5 Å². The minimum absolute atomic E-state index is 0.207. The number of hydrogen-bond donors (Lipinski definition) is 3. The number of amides is 1. The standard InChI is InChI=1S/C19H32N6O2/c1-21-14-6-4-5-7-15(14)25(2,3)16-12-22-17(18(20)26)19(24-16)23-13-8-10-27-11-9-13/h12-15,21H,4-11H2,1-3H3,(H2-,20,23,24,26)/p+1. The molecule has 1 saturated carbocycles. The van der Waals surface area contributed by atoms with Gasteiger partial charge in [0, 0.05) is 25.7 Å². The number of aromatic nitrogens is 2. The topological polar surface area (TPSA) is 102 Å². The normalized spacial score (nSPS) is 24.6. The molecule has 2 unspecified atom stereocenters. The van der Waals surface area contributed by atoms with Gasteiger partial charge in [-0.3, -0.25) is 9.28 Å². The van der Waals surface area contributed by atoms with Gasteiger partial charge in [-0.25, -0.2) is 4.98 Å². The second kappa shape index (κ2) is 8.50. The lowest BCUT2D eigenvalue weighted by Gasteiger charge is -2.43. The van der Waals surface area contributed by atoms with Crippen LogP contribution in [-0.2, 0) is 4.74 Å². The van der Waals surface area contributed by atoms with Crippen LogP contribution in [0.5, 0.6) is 0 Å². The average molecular weight is 378 g/mol. The Bertz CT molecular complexity index is 660. The van der Waals surface area contributed by atoms with Crippen LogP contribution < -0.4 is 20.9 Å². The Labute approximate surface area is 161 Å². The number of primary amides is 1. The Morgan fingerprint density at radius 2 is 1.93 bits per heavy atom. The highest BCUT2D eigenvalue weighted by Crippen LogP contribution is 2.31. The van der Waals surface area contributed by atoms with Crippen LogP contribution in [0, 0.1) is 0 Å². The van der Waals surface area contributed by atoms with Gasteiger partial charge in [0.2, 0.25) is 5.82 Å². The first kappa shape index (κ1) is 20.0. The Balaban J connectivity index is 1.90. The number of nitrogens with two attached hydrogens (primary N) is 1. The van der Waals surface area contributed by atoms with E-state index in [1.54, 1.807) is 6.20 Å². The monoisotopic (exact) mass is 377 g/mol. The predicted octanol–water partition coefficient (Wildman–Crippen LogP) is 1.26. The fourth-order valence-corrected chi connectivity index (χ4v) is 4.36. The average Bonchev–Trinajstić information content (AvgIpc) is 2.68. The fourth-order valence-electron chi connectivity index (χ4n) is 4.36. The summed E-state index contributed by atoms with van der Waals surface area (Å²) in [5, 5.41) is 6.86. The van der Waals surface area contributed by atoms with E-state index >= 15 is 0 Å². The number of hydrogen-bond acceptors (Lipinski definition) is 6. The number of quaternary nitrogens is 1. The molecular formula is C19H33N6O2+. The van der Waals surface area contributed by atoms with Gasteiger partial charge in [-0.2, -0.15) is 4.98 Å². The summed E-state index contributed by atoms with van der Waals surface area (Å²) in [5.41, 5.74) is 5.75. The molecule has 150 valence electrons. The second-order valence-corrected chi connectivity index (χ2v) is 8.11. The van der Waals surface area contributed by atoms with E-state index in [1.807, 2.05) is 7.05 Å². The number of anilines is 1. The maximum absolute atomic E-state index is 11.9. The Morgan fingerprint density at radius 1 is 1.22 bits per heavy atom. The van der Waals surface area contributed by atoms with Crippen molar-refractivity contribution in [2.24, 2.45) is 5.73 Å². The number of likely N-dealkylation sites (N-methyl/N-ethyl adjacent to an activating group) is 2. The molecule has 0 radical (unpaired) electrons. The fraction of sp³-hybridized carbons (Fsp3) is 0.737. The quantitative estimate of drug-likeness (QED) is 0.645. The molecule has 2 fully saturated rings. The van der Waals surface area contributed by atoms with E-state index in [9.17, 15) is 4.79 Å². The third-order valence-corrected chi connectivity index (χ3v) is 6.08. The van der Waals surface area contributed by atoms with Gasteiger partial charge < -0.3 is 21.1 Å². The SMILES string of the molecule is CNC1CCCCC1[N+](C)(C)c1cnc(C(N)=O)c(NC2CCOCC2)n1. The lowest BCUT2D eigenvalue weighted by molar-refractivity contribution is 0.0903. The first-order valence-corrected chi connectivity index (χ1v) is 9.96. The zero-order valence-electron chi connectivity index (χ0n) is 16.7. The highest BCUT2D eigenvalue weighted by molar-refractivity contribution is 5.95. The van der Waals surface area contributed by atoms with Crippen LogP contribution >= 0.6 is 0 Å². The van der Waals surface area contributed by atoms with Crippen LogP contribution in [0.2, 0.25) is 0 Å². The summed E-state index contributed by atoms with van der Waals surface area (Å²) in [6.45, 7) is 1.42. The molecule has 8 heteroatoms. The van der Waals surface area contributed by atoms with Crippen molar-refractivity contribution in [1.82, 2.24) is 19.8 Å². The van der Waals surface area contributed by atoms with E-state index in [0.717, 1.165) is 25.1 Å². The molecule has 0 aromatic carbocycles. The molecule has 1 aliphatic carbocycles. The molecule has 8 nitrogen and oxygen atoms in total. The van der Waals surface area contributed by atoms with Crippen LogP contribution in [0.15, 0.2) is 6.20 Å². The molecule has 1 aromatic heterocycles. The van der Waals surface area contributed by atoms with Gasteiger partial charge in [0.25, 0.3) is 5.91 Å². The zero-order chi connectivity index (χ0) is 19.4. The maximum atomic E-state index is 11.9. The Kier molecular flexibility index (Phi) is 6.29. The number of rotatable bonds is 6. The summed E-state index contributed by atoms with van der Waals surface area (Å²) in [6.07, 6.45) is 8.26. The maximum Gasteiger partial charge on any atom is 0.271 e. The Morgan fingerprint density at radius 3 is 2.59 bits per heavy atom. The number of nitrogens with one attached hydrogen (secondary N) is 2. The van der Waals surface area contributed by atoms with E-state index in [-0.39, 0.29) is 11.7 Å². The molecule has 1 saturated heterocycles. The summed E-state index contributed by atoms with van der Waals surface area (Å²) in [5.74, 6) is 0.788. The molecule has 3 rings (SSSR count). The molecule has 2 heterocycles. The predicted molar refractivity (Wildman–Crippen MR) is 107 cm³/mol. The van der Waals surface area contributed by atoms with E-state index in [4.69, 9.17) is 15.5 Å². The lowest BCUT2D eigenvalue weighted by atomic mass is 9.88. The largest absolute Gasteiger partial charge is 0.381 e. The first-order chi connectivity index (χ1) is 12.9. The van der Waals surface area contributed by atoms with Gasteiger partial charge in [0.05, 0.1) is 20.1 Å². The zero-order valence-corrected chi connectivity index (χ0v) is 16.7. The van der Waals surface area contributed by atoms with Crippen LogP contribution in [0.1, 0.15) is 49.0 Å². The smallest absolute Gasteiger partial charge is 0.271 e. The first-order valence-electron chi connectivity index (χ1n) is 9.96. The van der Waals surface area contributed by atoms with Crippen molar-refractivity contribution < 1.29 is 9.53 Å². The van der Waals surface area contributed by atoms with Crippen LogP contribution in [0.25, 0.3) is 0 Å². The van der Waals surface area contributed by atoms with Gasteiger partial charge in [-0.05, 0) is 32.7 Å². The van der Waals surface area contributed by atoms with Crippen molar-refractivity contribution in [2.75, 3.05) is 39.7 Å². The number of carbonyl (C=O) groups excluding carboxylic acids is 1. The summed E-state index contributed by atoms with van der Waals surface area (Å²) in [4.78, 5) is 21.1. The molecule has 1 aromatic rings. The highest BCUT2D eigenvalue weighted by atomic mass is 16.5. The van der Waals surface area contributed by atoms with Gasteiger partial charge >= 0.3 is 0 Å². The Hall–Kier alpha value is -1.77. The second-order valence-electron chi connectivity index (χ2n) is 8.11. The van der Waals surface area contributed by atoms with Crippen molar-refractivity contribution in [3.05, 3.63) is 11.9 Å². The van der Waals surface area contributed by atoms with Gasteiger partial charge in [-0.15, -0.1) is 0 Å². The number of carbonyl (C=O) groups is 1. The van der Waals surface area contributed by atoms with Crippen LogP contribution in [-0.4, -0.2) is 68.4 Å². The molecule has 0 bridgehead atoms. The van der Waals surface area contributed by atoms with Gasteiger partial charge in [-0.1, -0.05) is 6.42 Å².